The molecule has 4 nitrogen and oxygen atoms in total. The first-order chi connectivity index (χ1) is 14.7. The Morgan fingerprint density at radius 3 is 1.84 bits per heavy atom. The summed E-state index contributed by atoms with van der Waals surface area (Å²) in [6.45, 7) is 14.1. The molecule has 4 heterocycles. The average molecular weight is 543 g/mol. The van der Waals surface area contributed by atoms with Crippen molar-refractivity contribution in [2.75, 3.05) is 0 Å². The molecule has 0 N–H and O–H groups in total. The van der Waals surface area contributed by atoms with Crippen molar-refractivity contribution in [3.05, 3.63) is 70.6 Å². The molecule has 0 unspecified atom stereocenters. The van der Waals surface area contributed by atoms with Crippen LogP contribution in [0.4, 0.5) is 0 Å². The molecule has 31 heavy (non-hydrogen) atoms. The molecule has 0 spiro atoms. The van der Waals surface area contributed by atoms with Crippen molar-refractivity contribution < 1.29 is 0 Å². The van der Waals surface area contributed by atoms with Crippen LogP contribution in [0.5, 0.6) is 0 Å². The van der Waals surface area contributed by atoms with Gasteiger partial charge in [0.2, 0.25) is 0 Å². The Labute approximate surface area is 200 Å². The molecular formula is C25H31IN4Si. The maximum atomic E-state index is 4.34. The van der Waals surface area contributed by atoms with Crippen LogP contribution in [0.15, 0.2) is 61.4 Å². The Kier molecular flexibility index (Phi) is 7.60. The van der Waals surface area contributed by atoms with Gasteiger partial charge in [-0.2, -0.15) is 0 Å². The quantitative estimate of drug-likeness (QED) is 0.161. The van der Waals surface area contributed by atoms with E-state index in [2.05, 4.69) is 104 Å². The SMILES string of the molecule is CC(C)[Si](C#Cc1ccn2ccnc2c1)(C(C)C)C(C)C.Ic1ccn2ccnc2c1. The smallest absolute Gasteiger partial charge is 0.146 e. The lowest BCUT2D eigenvalue weighted by Crippen LogP contribution is -2.43. The number of pyridine rings is 2. The van der Waals surface area contributed by atoms with E-state index in [0.717, 1.165) is 16.9 Å². The first-order valence-electron chi connectivity index (χ1n) is 10.8. The highest BCUT2D eigenvalue weighted by Gasteiger charge is 2.41. The fourth-order valence-electron chi connectivity index (χ4n) is 4.49. The van der Waals surface area contributed by atoms with Gasteiger partial charge >= 0.3 is 0 Å². The number of hydrogen-bond acceptors (Lipinski definition) is 2. The maximum Gasteiger partial charge on any atom is 0.146 e. The highest BCUT2D eigenvalue weighted by Crippen LogP contribution is 2.40. The summed E-state index contributed by atoms with van der Waals surface area (Å²) in [5, 5.41) is 0. The first-order valence-corrected chi connectivity index (χ1v) is 14.1. The number of rotatable bonds is 3. The fourth-order valence-corrected chi connectivity index (χ4v) is 10.2. The summed E-state index contributed by atoms with van der Waals surface area (Å²) in [5.41, 5.74) is 8.81. The second-order valence-corrected chi connectivity index (χ2v) is 15.6. The van der Waals surface area contributed by atoms with E-state index in [0.29, 0.717) is 16.6 Å². The summed E-state index contributed by atoms with van der Waals surface area (Å²) in [6.07, 6.45) is 11.6. The molecule has 0 aliphatic rings. The van der Waals surface area contributed by atoms with Crippen molar-refractivity contribution in [3.63, 3.8) is 0 Å². The van der Waals surface area contributed by atoms with Gasteiger partial charge in [-0.25, -0.2) is 9.97 Å². The largest absolute Gasteiger partial charge is 0.307 e. The minimum atomic E-state index is -1.65. The van der Waals surface area contributed by atoms with Crippen molar-refractivity contribution in [3.8, 4) is 11.5 Å². The van der Waals surface area contributed by atoms with Crippen molar-refractivity contribution in [1.82, 2.24) is 18.8 Å². The van der Waals surface area contributed by atoms with E-state index in [1.165, 1.54) is 3.57 Å². The lowest BCUT2D eigenvalue weighted by Gasteiger charge is -2.38. The van der Waals surface area contributed by atoms with Gasteiger partial charge in [0.1, 0.15) is 19.4 Å². The Morgan fingerprint density at radius 1 is 0.774 bits per heavy atom. The Bertz CT molecular complexity index is 1190. The van der Waals surface area contributed by atoms with Gasteiger partial charge in [-0.15, -0.1) is 5.54 Å². The number of halogens is 1. The molecule has 6 heteroatoms. The van der Waals surface area contributed by atoms with Gasteiger partial charge in [-0.3, -0.25) is 0 Å². The number of imidazole rings is 2. The van der Waals surface area contributed by atoms with Crippen molar-refractivity contribution in [1.29, 1.82) is 0 Å². The van der Waals surface area contributed by atoms with Gasteiger partial charge in [0.25, 0.3) is 0 Å². The number of aromatic nitrogens is 4. The summed E-state index contributed by atoms with van der Waals surface area (Å²) >= 11 is 2.27. The zero-order chi connectivity index (χ0) is 22.6. The molecule has 4 rings (SSSR count). The van der Waals surface area contributed by atoms with Crippen LogP contribution in [0.2, 0.25) is 16.6 Å². The monoisotopic (exact) mass is 542 g/mol. The van der Waals surface area contributed by atoms with Crippen LogP contribution < -0.4 is 0 Å². The zero-order valence-corrected chi connectivity index (χ0v) is 22.3. The van der Waals surface area contributed by atoms with Crippen LogP contribution in [-0.4, -0.2) is 26.8 Å². The summed E-state index contributed by atoms with van der Waals surface area (Å²) < 4.78 is 5.22. The second kappa shape index (κ2) is 10.0. The van der Waals surface area contributed by atoms with Crippen LogP contribution in [0.25, 0.3) is 11.3 Å². The summed E-state index contributed by atoms with van der Waals surface area (Å²) in [5.74, 6) is 3.47. The van der Waals surface area contributed by atoms with E-state index in [1.54, 1.807) is 6.20 Å². The molecule has 162 valence electrons. The van der Waals surface area contributed by atoms with E-state index in [1.807, 2.05) is 45.9 Å². The van der Waals surface area contributed by atoms with Crippen LogP contribution in [0.1, 0.15) is 47.1 Å². The molecule has 0 atom stereocenters. The topological polar surface area (TPSA) is 34.6 Å². The molecule has 0 saturated heterocycles. The van der Waals surface area contributed by atoms with Crippen LogP contribution in [0.3, 0.4) is 0 Å². The molecule has 0 aliphatic carbocycles. The number of fused-ring (bicyclic) bond motifs is 2. The van der Waals surface area contributed by atoms with E-state index < -0.39 is 8.07 Å². The third-order valence-corrected chi connectivity index (χ3v) is 13.0. The highest BCUT2D eigenvalue weighted by atomic mass is 127. The predicted molar refractivity (Wildman–Crippen MR) is 141 cm³/mol. The van der Waals surface area contributed by atoms with Crippen LogP contribution in [0, 0.1) is 15.0 Å². The summed E-state index contributed by atoms with van der Waals surface area (Å²) in [4.78, 5) is 8.47. The lowest BCUT2D eigenvalue weighted by atomic mass is 10.3. The predicted octanol–water partition coefficient (Wildman–Crippen LogP) is 6.84. The minimum absolute atomic E-state index is 0.667. The van der Waals surface area contributed by atoms with E-state index in [9.17, 15) is 0 Å². The van der Waals surface area contributed by atoms with Gasteiger partial charge in [0, 0.05) is 46.3 Å². The highest BCUT2D eigenvalue weighted by molar-refractivity contribution is 14.1. The third-order valence-electron chi connectivity index (χ3n) is 6.05. The molecule has 0 aliphatic heterocycles. The van der Waals surface area contributed by atoms with Gasteiger partial charge in [0.05, 0.1) is 0 Å². The van der Waals surface area contributed by atoms with E-state index in [-0.39, 0.29) is 0 Å². The van der Waals surface area contributed by atoms with Crippen molar-refractivity contribution in [2.24, 2.45) is 0 Å². The molecule has 0 saturated carbocycles. The molecule has 0 aromatic carbocycles. The van der Waals surface area contributed by atoms with Crippen molar-refractivity contribution >= 4 is 42.0 Å². The Morgan fingerprint density at radius 2 is 1.29 bits per heavy atom. The molecule has 4 aromatic heterocycles. The average Bonchev–Trinajstić information content (AvgIpc) is 3.36. The van der Waals surface area contributed by atoms with Gasteiger partial charge in [-0.1, -0.05) is 47.5 Å². The molecule has 0 radical (unpaired) electrons. The van der Waals surface area contributed by atoms with Gasteiger partial charge < -0.3 is 8.80 Å². The minimum Gasteiger partial charge on any atom is -0.307 e. The van der Waals surface area contributed by atoms with E-state index >= 15 is 0 Å². The Hall–Kier alpha value is -2.11. The lowest BCUT2D eigenvalue weighted by molar-refractivity contribution is 0.838. The normalized spacial score (nSPS) is 11.7. The standard InChI is InChI=1S/C18H26N2Si.C7H5IN2/c1-14(2)21(15(3)4,16(5)6)12-8-17-7-10-20-11-9-19-18(20)13-17;8-6-1-3-10-4-2-9-7(10)5-6/h7,9-11,13-16H,1-6H3;1-5H. The molecule has 4 aromatic rings. The molecule has 0 amide bonds. The molecule has 0 fully saturated rings. The molecule has 0 bridgehead atoms. The number of nitrogens with zero attached hydrogens (tertiary/aromatic N) is 4. The maximum absolute atomic E-state index is 4.34. The van der Waals surface area contributed by atoms with Crippen LogP contribution >= 0.6 is 22.6 Å². The number of hydrogen-bond donors (Lipinski definition) is 0. The van der Waals surface area contributed by atoms with Crippen LogP contribution in [-0.2, 0) is 0 Å². The zero-order valence-electron chi connectivity index (χ0n) is 19.2. The second-order valence-electron chi connectivity index (χ2n) is 8.79. The van der Waals surface area contributed by atoms with Crippen molar-refractivity contribution in [2.45, 2.75) is 58.2 Å². The fraction of sp³-hybridized carbons (Fsp3) is 0.360. The molecular weight excluding hydrogens is 511 g/mol. The van der Waals surface area contributed by atoms with Gasteiger partial charge in [-0.05, 0) is 63.5 Å². The van der Waals surface area contributed by atoms with E-state index in [4.69, 9.17) is 0 Å². The first kappa shape index (κ1) is 23.5. The Balaban J connectivity index is 0.000000225. The summed E-state index contributed by atoms with van der Waals surface area (Å²) in [7, 11) is -1.65. The van der Waals surface area contributed by atoms with Gasteiger partial charge in [0.15, 0.2) is 0 Å². The summed E-state index contributed by atoms with van der Waals surface area (Å²) in [6, 6.07) is 8.25. The third kappa shape index (κ3) is 5.21.